The molecule has 2 N–H and O–H groups in total. The number of hydrogen-bond donors (Lipinski definition) is 2. The van der Waals surface area contributed by atoms with Crippen molar-refractivity contribution in [2.45, 2.75) is 57.2 Å². The van der Waals surface area contributed by atoms with Gasteiger partial charge in [0.1, 0.15) is 5.75 Å². The van der Waals surface area contributed by atoms with Crippen molar-refractivity contribution in [3.63, 3.8) is 0 Å². The first-order valence-electron chi connectivity index (χ1n) is 8.45. The molecule has 128 valence electrons. The van der Waals surface area contributed by atoms with Crippen LogP contribution < -0.4 is 15.4 Å². The molecule has 3 unspecified atom stereocenters. The maximum atomic E-state index is 12.3. The Morgan fingerprint density at radius 3 is 2.57 bits per heavy atom. The van der Waals surface area contributed by atoms with Crippen LogP contribution in [0.2, 0.25) is 0 Å². The van der Waals surface area contributed by atoms with Gasteiger partial charge < -0.3 is 15.4 Å². The molecular formula is C18H27ClN2O2. The molecule has 2 saturated heterocycles. The summed E-state index contributed by atoms with van der Waals surface area (Å²) < 4.78 is 5.67. The van der Waals surface area contributed by atoms with E-state index in [4.69, 9.17) is 4.74 Å². The minimum atomic E-state index is -0.00347. The van der Waals surface area contributed by atoms with E-state index in [1.54, 1.807) is 0 Å². The summed E-state index contributed by atoms with van der Waals surface area (Å²) in [4.78, 5) is 12.3. The van der Waals surface area contributed by atoms with Gasteiger partial charge in [-0.05, 0) is 44.2 Å². The van der Waals surface area contributed by atoms with Crippen LogP contribution in [0.1, 0.15) is 39.0 Å². The number of hydrogen-bond acceptors (Lipinski definition) is 3. The summed E-state index contributed by atoms with van der Waals surface area (Å²) in [6.07, 6.45) is 5.43. The van der Waals surface area contributed by atoms with Crippen LogP contribution in [0.15, 0.2) is 30.3 Å². The van der Waals surface area contributed by atoms with Crippen LogP contribution in [0.3, 0.4) is 0 Å². The van der Waals surface area contributed by atoms with Crippen LogP contribution in [-0.4, -0.2) is 30.6 Å². The predicted molar refractivity (Wildman–Crippen MR) is 94.1 cm³/mol. The van der Waals surface area contributed by atoms with Crippen LogP contribution in [-0.2, 0) is 4.79 Å². The van der Waals surface area contributed by atoms with Gasteiger partial charge in [-0.25, -0.2) is 0 Å². The third kappa shape index (κ3) is 5.11. The first kappa shape index (κ1) is 18.1. The van der Waals surface area contributed by atoms with Crippen LogP contribution in [0.4, 0.5) is 0 Å². The van der Waals surface area contributed by atoms with Crippen molar-refractivity contribution in [3.05, 3.63) is 30.3 Å². The number of nitrogens with one attached hydrogen (secondary N) is 2. The minimum absolute atomic E-state index is 0. The van der Waals surface area contributed by atoms with Crippen LogP contribution in [0.5, 0.6) is 5.75 Å². The molecule has 4 nitrogen and oxygen atoms in total. The number of carbonyl (C=O) groups excluding carboxylic acids is 1. The Labute approximate surface area is 144 Å². The third-order valence-corrected chi connectivity index (χ3v) is 4.83. The van der Waals surface area contributed by atoms with E-state index >= 15 is 0 Å². The standard InChI is InChI=1S/C18H26N2O2.ClH/c1-13(9-10-22-17-5-3-2-4-6-17)18(21)20-16-11-14-7-8-15(12-16)19-14;/h2-6,13-16,19H,7-12H2,1H3,(H,20,21);1H. The van der Waals surface area contributed by atoms with Gasteiger partial charge in [0, 0.05) is 24.0 Å². The molecule has 2 aliphatic rings. The van der Waals surface area contributed by atoms with E-state index in [0.29, 0.717) is 24.7 Å². The van der Waals surface area contributed by atoms with Gasteiger partial charge in [-0.15, -0.1) is 12.4 Å². The fourth-order valence-corrected chi connectivity index (χ4v) is 3.52. The fraction of sp³-hybridized carbons (Fsp3) is 0.611. The number of carbonyl (C=O) groups is 1. The van der Waals surface area contributed by atoms with E-state index in [1.165, 1.54) is 12.8 Å². The van der Waals surface area contributed by atoms with Crippen LogP contribution in [0.25, 0.3) is 0 Å². The molecule has 2 aliphatic heterocycles. The molecule has 1 aromatic rings. The number of rotatable bonds is 6. The Bertz CT molecular complexity index is 485. The molecule has 3 atom stereocenters. The van der Waals surface area contributed by atoms with Crippen LogP contribution >= 0.6 is 12.4 Å². The smallest absolute Gasteiger partial charge is 0.223 e. The van der Waals surface area contributed by atoms with Gasteiger partial charge in [0.25, 0.3) is 0 Å². The fourth-order valence-electron chi connectivity index (χ4n) is 3.52. The SMILES string of the molecule is CC(CCOc1ccccc1)C(=O)NC1CC2CCC(C1)N2.Cl. The molecule has 0 radical (unpaired) electrons. The van der Waals surface area contributed by atoms with Crippen molar-refractivity contribution in [3.8, 4) is 5.75 Å². The van der Waals surface area contributed by atoms with E-state index < -0.39 is 0 Å². The van der Waals surface area contributed by atoms with E-state index in [1.807, 2.05) is 37.3 Å². The summed E-state index contributed by atoms with van der Waals surface area (Å²) in [5, 5.41) is 6.84. The predicted octanol–water partition coefficient (Wildman–Crippen LogP) is 2.91. The number of amides is 1. The second-order valence-corrected chi connectivity index (χ2v) is 6.67. The van der Waals surface area contributed by atoms with Crippen molar-refractivity contribution in [1.82, 2.24) is 10.6 Å². The minimum Gasteiger partial charge on any atom is -0.494 e. The van der Waals surface area contributed by atoms with Crippen molar-refractivity contribution >= 4 is 18.3 Å². The van der Waals surface area contributed by atoms with Crippen molar-refractivity contribution in [1.29, 1.82) is 0 Å². The summed E-state index contributed by atoms with van der Waals surface area (Å²) in [5.74, 6) is 1.03. The molecule has 23 heavy (non-hydrogen) atoms. The highest BCUT2D eigenvalue weighted by molar-refractivity contribution is 5.85. The second kappa shape index (κ2) is 8.55. The molecule has 0 saturated carbocycles. The van der Waals surface area contributed by atoms with E-state index in [2.05, 4.69) is 10.6 Å². The van der Waals surface area contributed by atoms with Gasteiger partial charge in [-0.1, -0.05) is 25.1 Å². The Morgan fingerprint density at radius 1 is 1.26 bits per heavy atom. The third-order valence-electron chi connectivity index (χ3n) is 4.83. The van der Waals surface area contributed by atoms with E-state index in [0.717, 1.165) is 25.0 Å². The zero-order chi connectivity index (χ0) is 15.4. The first-order valence-corrected chi connectivity index (χ1v) is 8.45. The molecule has 1 amide bonds. The Morgan fingerprint density at radius 2 is 1.91 bits per heavy atom. The van der Waals surface area contributed by atoms with E-state index in [-0.39, 0.29) is 24.2 Å². The molecular weight excluding hydrogens is 312 g/mol. The number of fused-ring (bicyclic) bond motifs is 2. The van der Waals surface area contributed by atoms with Gasteiger partial charge in [0.15, 0.2) is 0 Å². The van der Waals surface area contributed by atoms with Crippen molar-refractivity contribution in [2.75, 3.05) is 6.61 Å². The Hall–Kier alpha value is -1.26. The molecule has 0 aliphatic carbocycles. The normalized spacial score (nSPS) is 26.9. The van der Waals surface area contributed by atoms with Gasteiger partial charge >= 0.3 is 0 Å². The maximum Gasteiger partial charge on any atom is 0.223 e. The Kier molecular flexibility index (Phi) is 6.72. The summed E-state index contributed by atoms with van der Waals surface area (Å²) in [5.41, 5.74) is 0. The molecule has 0 aromatic heterocycles. The van der Waals surface area contributed by atoms with Crippen molar-refractivity contribution < 1.29 is 9.53 Å². The highest BCUT2D eigenvalue weighted by Gasteiger charge is 2.34. The molecule has 2 bridgehead atoms. The van der Waals surface area contributed by atoms with Gasteiger partial charge in [0.2, 0.25) is 5.91 Å². The number of halogens is 1. The summed E-state index contributed by atoms with van der Waals surface area (Å²) in [6, 6.07) is 11.3. The topological polar surface area (TPSA) is 50.4 Å². The lowest BCUT2D eigenvalue weighted by Crippen LogP contribution is -2.49. The number of piperidine rings is 1. The average Bonchev–Trinajstić information content (AvgIpc) is 2.87. The first-order chi connectivity index (χ1) is 10.7. The Balaban J connectivity index is 0.00000192. The molecule has 3 rings (SSSR count). The largest absolute Gasteiger partial charge is 0.494 e. The number of ether oxygens (including phenoxy) is 1. The van der Waals surface area contributed by atoms with Gasteiger partial charge in [-0.3, -0.25) is 4.79 Å². The molecule has 0 spiro atoms. The molecule has 1 aromatic carbocycles. The molecule has 5 heteroatoms. The van der Waals surface area contributed by atoms with Gasteiger partial charge in [-0.2, -0.15) is 0 Å². The lowest BCUT2D eigenvalue weighted by Gasteiger charge is -2.30. The quantitative estimate of drug-likeness (QED) is 0.838. The van der Waals surface area contributed by atoms with Gasteiger partial charge in [0.05, 0.1) is 6.61 Å². The summed E-state index contributed by atoms with van der Waals surface area (Å²) >= 11 is 0. The number of para-hydroxylation sites is 1. The monoisotopic (exact) mass is 338 g/mol. The molecule has 2 fully saturated rings. The zero-order valence-electron chi connectivity index (χ0n) is 13.7. The summed E-state index contributed by atoms with van der Waals surface area (Å²) in [6.45, 7) is 2.56. The van der Waals surface area contributed by atoms with Crippen LogP contribution in [0, 0.1) is 5.92 Å². The zero-order valence-corrected chi connectivity index (χ0v) is 14.5. The van der Waals surface area contributed by atoms with E-state index in [9.17, 15) is 4.79 Å². The average molecular weight is 339 g/mol. The summed E-state index contributed by atoms with van der Waals surface area (Å²) in [7, 11) is 0. The maximum absolute atomic E-state index is 12.3. The lowest BCUT2D eigenvalue weighted by molar-refractivity contribution is -0.125. The highest BCUT2D eigenvalue weighted by atomic mass is 35.5. The number of benzene rings is 1. The highest BCUT2D eigenvalue weighted by Crippen LogP contribution is 2.27. The van der Waals surface area contributed by atoms with Crippen molar-refractivity contribution in [2.24, 2.45) is 5.92 Å². The lowest BCUT2D eigenvalue weighted by atomic mass is 9.98. The molecule has 2 heterocycles. The second-order valence-electron chi connectivity index (χ2n) is 6.67.